The van der Waals surface area contributed by atoms with Gasteiger partial charge in [-0.15, -0.1) is 0 Å². The fraction of sp³-hybridized carbons (Fsp3) is 0.257. The highest BCUT2D eigenvalue weighted by molar-refractivity contribution is 6.00. The Labute approximate surface area is 241 Å². The average molecular weight is 546 g/mol. The van der Waals surface area contributed by atoms with Crippen molar-refractivity contribution in [2.75, 3.05) is 24.6 Å². The number of carbonyl (C=O) groups is 1. The molecule has 6 nitrogen and oxygen atoms in total. The number of carbonyl (C=O) groups excluding carboxylic acids is 1. The molecule has 41 heavy (non-hydrogen) atoms. The topological polar surface area (TPSA) is 56.6 Å². The SMILES string of the molecule is CCOc1cc(N(CC)CC)ccc1C1(c2c(-c3ccccc3)n(CC)c3ccccc23)OC(=O)c2cccnc21. The monoisotopic (exact) mass is 545 g/mol. The summed E-state index contributed by atoms with van der Waals surface area (Å²) in [5.74, 6) is 0.284. The van der Waals surface area contributed by atoms with E-state index in [0.29, 0.717) is 23.6 Å². The first kappa shape index (κ1) is 26.6. The number of para-hydroxylation sites is 1. The molecule has 0 radical (unpaired) electrons. The lowest BCUT2D eigenvalue weighted by atomic mass is 9.79. The van der Waals surface area contributed by atoms with E-state index >= 15 is 0 Å². The first-order chi connectivity index (χ1) is 20.1. The highest BCUT2D eigenvalue weighted by Crippen LogP contribution is 2.54. The third kappa shape index (κ3) is 4.08. The van der Waals surface area contributed by atoms with Crippen molar-refractivity contribution in [1.29, 1.82) is 0 Å². The summed E-state index contributed by atoms with van der Waals surface area (Å²) in [4.78, 5) is 20.9. The predicted octanol–water partition coefficient (Wildman–Crippen LogP) is 7.43. The molecule has 0 aliphatic carbocycles. The van der Waals surface area contributed by atoms with E-state index in [1.807, 2.05) is 31.2 Å². The Morgan fingerprint density at radius 1 is 0.902 bits per heavy atom. The summed E-state index contributed by atoms with van der Waals surface area (Å²) in [6.07, 6.45) is 1.74. The van der Waals surface area contributed by atoms with Crippen LogP contribution in [0.3, 0.4) is 0 Å². The Morgan fingerprint density at radius 3 is 2.39 bits per heavy atom. The van der Waals surface area contributed by atoms with Crippen LogP contribution in [0.1, 0.15) is 54.9 Å². The van der Waals surface area contributed by atoms with Gasteiger partial charge in [0.05, 0.1) is 17.9 Å². The molecule has 0 spiro atoms. The molecule has 2 aromatic heterocycles. The van der Waals surface area contributed by atoms with Crippen molar-refractivity contribution in [3.63, 3.8) is 0 Å². The van der Waals surface area contributed by atoms with Gasteiger partial charge in [0, 0.05) is 59.6 Å². The van der Waals surface area contributed by atoms with Crippen LogP contribution in [0.25, 0.3) is 22.2 Å². The van der Waals surface area contributed by atoms with Crippen LogP contribution in [0.2, 0.25) is 0 Å². The predicted molar refractivity (Wildman–Crippen MR) is 164 cm³/mol. The van der Waals surface area contributed by atoms with E-state index in [1.54, 1.807) is 18.3 Å². The summed E-state index contributed by atoms with van der Waals surface area (Å²) in [5.41, 5.74) is 5.54. The van der Waals surface area contributed by atoms with E-state index in [4.69, 9.17) is 14.5 Å². The maximum atomic E-state index is 13.7. The number of rotatable bonds is 9. The van der Waals surface area contributed by atoms with Crippen LogP contribution in [-0.2, 0) is 16.9 Å². The molecule has 1 atom stereocenters. The molecule has 0 amide bonds. The first-order valence-corrected chi connectivity index (χ1v) is 14.5. The van der Waals surface area contributed by atoms with Crippen molar-refractivity contribution in [2.24, 2.45) is 0 Å². The highest BCUT2D eigenvalue weighted by atomic mass is 16.6. The zero-order valence-electron chi connectivity index (χ0n) is 24.1. The molecule has 5 aromatic rings. The van der Waals surface area contributed by atoms with Crippen LogP contribution in [0.15, 0.2) is 91.1 Å². The number of esters is 1. The van der Waals surface area contributed by atoms with Crippen LogP contribution < -0.4 is 9.64 Å². The Bertz CT molecular complexity index is 1720. The van der Waals surface area contributed by atoms with E-state index in [2.05, 4.69) is 78.8 Å². The van der Waals surface area contributed by atoms with Crippen molar-refractivity contribution in [2.45, 2.75) is 39.8 Å². The van der Waals surface area contributed by atoms with Gasteiger partial charge in [0.15, 0.2) is 0 Å². The lowest BCUT2D eigenvalue weighted by Crippen LogP contribution is -2.32. The van der Waals surface area contributed by atoms with Crippen molar-refractivity contribution in [1.82, 2.24) is 9.55 Å². The van der Waals surface area contributed by atoms with Crippen LogP contribution in [0.5, 0.6) is 5.75 Å². The number of ether oxygens (including phenoxy) is 2. The number of anilines is 1. The molecule has 3 aromatic carbocycles. The molecule has 0 N–H and O–H groups in total. The maximum absolute atomic E-state index is 13.7. The van der Waals surface area contributed by atoms with Crippen molar-refractivity contribution in [3.8, 4) is 17.0 Å². The minimum Gasteiger partial charge on any atom is -0.493 e. The number of aryl methyl sites for hydroxylation is 1. The minimum atomic E-state index is -1.33. The third-order valence-corrected chi connectivity index (χ3v) is 8.07. The second-order valence-corrected chi connectivity index (χ2v) is 10.1. The van der Waals surface area contributed by atoms with Crippen molar-refractivity contribution < 1.29 is 14.3 Å². The Morgan fingerprint density at radius 2 is 1.66 bits per heavy atom. The number of hydrogen-bond acceptors (Lipinski definition) is 5. The van der Waals surface area contributed by atoms with E-state index in [9.17, 15) is 4.79 Å². The van der Waals surface area contributed by atoms with E-state index in [-0.39, 0.29) is 0 Å². The summed E-state index contributed by atoms with van der Waals surface area (Å²) in [6, 6.07) is 28.5. The number of fused-ring (bicyclic) bond motifs is 2. The zero-order chi connectivity index (χ0) is 28.6. The maximum Gasteiger partial charge on any atom is 0.341 e. The number of cyclic esters (lactones) is 1. The van der Waals surface area contributed by atoms with Gasteiger partial charge in [0.2, 0.25) is 5.60 Å². The largest absolute Gasteiger partial charge is 0.493 e. The van der Waals surface area contributed by atoms with Gasteiger partial charge in [0.25, 0.3) is 0 Å². The normalized spacial score (nSPS) is 16.0. The van der Waals surface area contributed by atoms with Gasteiger partial charge >= 0.3 is 5.97 Å². The Balaban J connectivity index is 1.79. The van der Waals surface area contributed by atoms with Gasteiger partial charge in [-0.1, -0.05) is 48.5 Å². The lowest BCUT2D eigenvalue weighted by Gasteiger charge is -2.32. The van der Waals surface area contributed by atoms with Crippen LogP contribution in [-0.4, -0.2) is 35.2 Å². The molecule has 0 saturated carbocycles. The first-order valence-electron chi connectivity index (χ1n) is 14.5. The second-order valence-electron chi connectivity index (χ2n) is 10.1. The van der Waals surface area contributed by atoms with Gasteiger partial charge in [0.1, 0.15) is 11.4 Å². The molecule has 0 fully saturated rings. The van der Waals surface area contributed by atoms with E-state index in [1.165, 1.54) is 0 Å². The van der Waals surface area contributed by atoms with Gasteiger partial charge in [-0.2, -0.15) is 0 Å². The third-order valence-electron chi connectivity index (χ3n) is 8.07. The number of benzene rings is 3. The molecule has 1 unspecified atom stereocenters. The number of nitrogens with zero attached hydrogens (tertiary/aromatic N) is 3. The zero-order valence-corrected chi connectivity index (χ0v) is 24.1. The van der Waals surface area contributed by atoms with Crippen molar-refractivity contribution in [3.05, 3.63) is 114 Å². The molecule has 1 aliphatic rings. The van der Waals surface area contributed by atoms with E-state index < -0.39 is 11.6 Å². The quantitative estimate of drug-likeness (QED) is 0.180. The summed E-state index contributed by atoms with van der Waals surface area (Å²) < 4.78 is 15.3. The molecule has 208 valence electrons. The highest BCUT2D eigenvalue weighted by Gasteiger charge is 2.54. The fourth-order valence-electron chi connectivity index (χ4n) is 6.33. The number of pyridine rings is 1. The van der Waals surface area contributed by atoms with Crippen LogP contribution >= 0.6 is 0 Å². The lowest BCUT2D eigenvalue weighted by molar-refractivity contribution is 0.0241. The summed E-state index contributed by atoms with van der Waals surface area (Å²) in [5, 5.41) is 1.01. The second kappa shape index (κ2) is 10.8. The molecule has 3 heterocycles. The summed E-state index contributed by atoms with van der Waals surface area (Å²) >= 11 is 0. The molecule has 0 saturated heterocycles. The Hall–Kier alpha value is -4.58. The molecule has 0 bridgehead atoms. The van der Waals surface area contributed by atoms with Crippen LogP contribution in [0, 0.1) is 0 Å². The minimum absolute atomic E-state index is 0.393. The average Bonchev–Trinajstić information content (AvgIpc) is 3.51. The molecule has 6 rings (SSSR count). The number of hydrogen-bond donors (Lipinski definition) is 0. The molecule has 6 heteroatoms. The van der Waals surface area contributed by atoms with Gasteiger partial charge in [-0.05, 0) is 63.6 Å². The van der Waals surface area contributed by atoms with Crippen LogP contribution in [0.4, 0.5) is 5.69 Å². The fourth-order valence-corrected chi connectivity index (χ4v) is 6.33. The molecule has 1 aliphatic heterocycles. The summed E-state index contributed by atoms with van der Waals surface area (Å²) in [7, 11) is 0. The number of aromatic nitrogens is 2. The standard InChI is InChI=1S/C35H35N3O3/c1-5-37(6-2)25-20-21-28(30(23-25)40-8-4)35(33-27(34(39)41-35)18-14-22-36-33)31-26-17-12-13-19-29(26)38(7-3)32(31)24-15-10-9-11-16-24/h9-23H,5-8H2,1-4H3. The van der Waals surface area contributed by atoms with E-state index in [0.717, 1.165) is 58.6 Å². The van der Waals surface area contributed by atoms with Gasteiger partial charge in [-0.25, -0.2) is 4.79 Å². The summed E-state index contributed by atoms with van der Waals surface area (Å²) in [6.45, 7) is 11.4. The Kier molecular flexibility index (Phi) is 7.00. The van der Waals surface area contributed by atoms with Crippen molar-refractivity contribution >= 4 is 22.6 Å². The molecular weight excluding hydrogens is 510 g/mol. The van der Waals surface area contributed by atoms with Gasteiger partial charge in [-0.3, -0.25) is 4.98 Å². The molecular formula is C35H35N3O3. The smallest absolute Gasteiger partial charge is 0.341 e. The van der Waals surface area contributed by atoms with Gasteiger partial charge < -0.3 is 18.9 Å².